The average Bonchev–Trinajstić information content (AvgIpc) is 2.64. The number of ether oxygens (including phenoxy) is 1. The van der Waals surface area contributed by atoms with Crippen molar-refractivity contribution in [3.8, 4) is 0 Å². The smallest absolute Gasteiger partial charge is 0.215 e. The summed E-state index contributed by atoms with van der Waals surface area (Å²) in [5.41, 5.74) is 1.49. The molecule has 1 aliphatic heterocycles. The zero-order chi connectivity index (χ0) is 19.3. The minimum Gasteiger partial charge on any atom is -0.379 e. The van der Waals surface area contributed by atoms with Crippen molar-refractivity contribution < 1.29 is 17.5 Å². The molecule has 1 N–H and O–H groups in total. The van der Waals surface area contributed by atoms with Gasteiger partial charge in [0.05, 0.1) is 19.0 Å². The van der Waals surface area contributed by atoms with E-state index in [-0.39, 0.29) is 24.2 Å². The molecule has 0 radical (unpaired) electrons. The summed E-state index contributed by atoms with van der Waals surface area (Å²) in [6.07, 6.45) is 0. The van der Waals surface area contributed by atoms with Crippen molar-refractivity contribution in [2.45, 2.75) is 11.8 Å². The highest BCUT2D eigenvalue weighted by molar-refractivity contribution is 7.88. The summed E-state index contributed by atoms with van der Waals surface area (Å²) in [6.45, 7) is 2.77. The molecule has 27 heavy (non-hydrogen) atoms. The van der Waals surface area contributed by atoms with Gasteiger partial charge in [0.2, 0.25) is 10.0 Å². The molecule has 8 heteroatoms. The molecule has 0 saturated carbocycles. The Morgan fingerprint density at radius 1 is 1.15 bits per heavy atom. The van der Waals surface area contributed by atoms with Crippen LogP contribution in [0.2, 0.25) is 5.02 Å². The lowest BCUT2D eigenvalue weighted by atomic mass is 10.0. The Bertz CT molecular complexity index is 856. The number of rotatable bonds is 7. The van der Waals surface area contributed by atoms with Gasteiger partial charge in [-0.25, -0.2) is 17.5 Å². The van der Waals surface area contributed by atoms with E-state index in [0.717, 1.165) is 5.56 Å². The molecule has 2 aromatic carbocycles. The maximum absolute atomic E-state index is 13.3. The van der Waals surface area contributed by atoms with Gasteiger partial charge < -0.3 is 4.74 Å². The first-order valence-electron chi connectivity index (χ1n) is 8.72. The maximum atomic E-state index is 13.3. The van der Waals surface area contributed by atoms with Crippen LogP contribution in [0.5, 0.6) is 0 Å². The van der Waals surface area contributed by atoms with Gasteiger partial charge in [0.1, 0.15) is 5.82 Å². The van der Waals surface area contributed by atoms with E-state index in [9.17, 15) is 12.8 Å². The van der Waals surface area contributed by atoms with E-state index in [0.29, 0.717) is 36.9 Å². The van der Waals surface area contributed by atoms with Gasteiger partial charge in [-0.05, 0) is 35.4 Å². The van der Waals surface area contributed by atoms with Crippen molar-refractivity contribution in [2.75, 3.05) is 32.8 Å². The van der Waals surface area contributed by atoms with Crippen LogP contribution in [-0.2, 0) is 20.5 Å². The Kier molecular flexibility index (Phi) is 6.83. The van der Waals surface area contributed by atoms with Gasteiger partial charge in [-0.15, -0.1) is 0 Å². The van der Waals surface area contributed by atoms with E-state index >= 15 is 0 Å². The van der Waals surface area contributed by atoms with Crippen LogP contribution in [-0.4, -0.2) is 46.2 Å². The fourth-order valence-electron chi connectivity index (χ4n) is 3.13. The number of nitrogens with one attached hydrogen (secondary N) is 1. The zero-order valence-corrected chi connectivity index (χ0v) is 16.3. The van der Waals surface area contributed by atoms with E-state index < -0.39 is 10.0 Å². The monoisotopic (exact) mass is 412 g/mol. The van der Waals surface area contributed by atoms with E-state index in [2.05, 4.69) is 9.62 Å². The Morgan fingerprint density at radius 3 is 2.52 bits per heavy atom. The number of hydrogen-bond donors (Lipinski definition) is 1. The second-order valence-electron chi connectivity index (χ2n) is 6.45. The van der Waals surface area contributed by atoms with Gasteiger partial charge in [-0.2, -0.15) is 0 Å². The second-order valence-corrected chi connectivity index (χ2v) is 8.70. The van der Waals surface area contributed by atoms with Crippen molar-refractivity contribution in [3.05, 3.63) is 70.5 Å². The van der Waals surface area contributed by atoms with Crippen molar-refractivity contribution >= 4 is 21.6 Å². The molecule has 0 spiro atoms. The van der Waals surface area contributed by atoms with E-state index in [1.165, 1.54) is 12.1 Å². The number of hydrogen-bond acceptors (Lipinski definition) is 4. The Hall–Kier alpha value is -1.51. The highest BCUT2D eigenvalue weighted by atomic mass is 35.5. The normalized spacial score (nSPS) is 17.0. The Morgan fingerprint density at radius 2 is 1.85 bits per heavy atom. The lowest BCUT2D eigenvalue weighted by Crippen LogP contribution is -2.44. The van der Waals surface area contributed by atoms with Gasteiger partial charge in [0, 0.05) is 30.7 Å². The third kappa shape index (κ3) is 5.99. The topological polar surface area (TPSA) is 58.6 Å². The molecule has 2 aromatic rings. The number of halogens is 2. The number of nitrogens with zero attached hydrogens (tertiary/aromatic N) is 1. The van der Waals surface area contributed by atoms with Crippen LogP contribution in [0.4, 0.5) is 4.39 Å². The first-order valence-corrected chi connectivity index (χ1v) is 10.7. The summed E-state index contributed by atoms with van der Waals surface area (Å²) in [4.78, 5) is 2.15. The van der Waals surface area contributed by atoms with Crippen LogP contribution in [0.3, 0.4) is 0 Å². The van der Waals surface area contributed by atoms with Crippen molar-refractivity contribution in [1.82, 2.24) is 9.62 Å². The number of benzene rings is 2. The third-order valence-electron chi connectivity index (χ3n) is 4.48. The number of morpholine rings is 1. The molecule has 0 amide bonds. The van der Waals surface area contributed by atoms with Gasteiger partial charge in [0.15, 0.2) is 0 Å². The van der Waals surface area contributed by atoms with Gasteiger partial charge in [-0.1, -0.05) is 35.9 Å². The van der Waals surface area contributed by atoms with E-state index in [1.807, 2.05) is 0 Å². The summed E-state index contributed by atoms with van der Waals surface area (Å²) in [5.74, 6) is -0.465. The molecular weight excluding hydrogens is 391 g/mol. The third-order valence-corrected chi connectivity index (χ3v) is 6.04. The van der Waals surface area contributed by atoms with Crippen LogP contribution < -0.4 is 4.72 Å². The summed E-state index contributed by atoms with van der Waals surface area (Å²) < 4.78 is 46.4. The van der Waals surface area contributed by atoms with E-state index in [4.69, 9.17) is 16.3 Å². The molecule has 1 saturated heterocycles. The summed E-state index contributed by atoms with van der Waals surface area (Å²) in [7, 11) is -3.54. The van der Waals surface area contributed by atoms with Gasteiger partial charge in [-0.3, -0.25) is 4.90 Å². The standard InChI is InChI=1S/C19H22ClFN2O3S/c20-17-3-1-2-15(12-17)14-27(24,25)22-13-19(23-8-10-26-11-9-23)16-4-6-18(21)7-5-16/h1-7,12,19,22H,8-11,13-14H2/t19-/m0/s1. The van der Waals surface area contributed by atoms with Crippen molar-refractivity contribution in [3.63, 3.8) is 0 Å². The molecule has 1 atom stereocenters. The fourth-order valence-corrected chi connectivity index (χ4v) is 4.48. The molecular formula is C19H22ClFN2O3S. The van der Waals surface area contributed by atoms with E-state index in [1.54, 1.807) is 36.4 Å². The zero-order valence-electron chi connectivity index (χ0n) is 14.8. The summed E-state index contributed by atoms with van der Waals surface area (Å²) >= 11 is 5.93. The first-order chi connectivity index (χ1) is 12.9. The van der Waals surface area contributed by atoms with Crippen LogP contribution in [0, 0.1) is 5.82 Å². The molecule has 0 bridgehead atoms. The molecule has 0 aliphatic carbocycles. The second kappa shape index (κ2) is 9.12. The van der Waals surface area contributed by atoms with Crippen LogP contribution in [0.25, 0.3) is 0 Å². The van der Waals surface area contributed by atoms with Crippen molar-refractivity contribution in [2.24, 2.45) is 0 Å². The lowest BCUT2D eigenvalue weighted by Gasteiger charge is -2.34. The van der Waals surface area contributed by atoms with Crippen LogP contribution in [0.15, 0.2) is 48.5 Å². The Balaban J connectivity index is 1.72. The van der Waals surface area contributed by atoms with Crippen LogP contribution in [0.1, 0.15) is 17.2 Å². The lowest BCUT2D eigenvalue weighted by molar-refractivity contribution is 0.0172. The summed E-state index contributed by atoms with van der Waals surface area (Å²) in [5, 5.41) is 0.500. The molecule has 0 aromatic heterocycles. The molecule has 146 valence electrons. The first kappa shape index (κ1) is 20.2. The molecule has 1 heterocycles. The maximum Gasteiger partial charge on any atom is 0.215 e. The molecule has 5 nitrogen and oxygen atoms in total. The van der Waals surface area contributed by atoms with Crippen LogP contribution >= 0.6 is 11.6 Å². The predicted molar refractivity (Wildman–Crippen MR) is 104 cm³/mol. The molecule has 0 unspecified atom stereocenters. The highest BCUT2D eigenvalue weighted by Crippen LogP contribution is 2.22. The molecule has 1 fully saturated rings. The predicted octanol–water partition coefficient (Wildman–Crippen LogP) is 2.97. The quantitative estimate of drug-likeness (QED) is 0.759. The highest BCUT2D eigenvalue weighted by Gasteiger charge is 2.24. The van der Waals surface area contributed by atoms with Crippen molar-refractivity contribution in [1.29, 1.82) is 0 Å². The Labute approximate surface area is 164 Å². The molecule has 3 rings (SSSR count). The largest absolute Gasteiger partial charge is 0.379 e. The number of sulfonamides is 1. The fraction of sp³-hybridized carbons (Fsp3) is 0.368. The van der Waals surface area contributed by atoms with Gasteiger partial charge >= 0.3 is 0 Å². The minimum atomic E-state index is -3.54. The SMILES string of the molecule is O=S(=O)(Cc1cccc(Cl)c1)NC[C@@H](c1ccc(F)cc1)N1CCOCC1. The summed E-state index contributed by atoms with van der Waals surface area (Å²) in [6, 6.07) is 12.8. The van der Waals surface area contributed by atoms with Gasteiger partial charge in [0.25, 0.3) is 0 Å². The average molecular weight is 413 g/mol. The molecule has 1 aliphatic rings. The minimum absolute atomic E-state index is 0.146.